The fraction of sp³-hybridized carbons (Fsp3) is 0.778. The summed E-state index contributed by atoms with van der Waals surface area (Å²) in [6.45, 7) is 1.28. The minimum absolute atomic E-state index is 0.162. The lowest BCUT2D eigenvalue weighted by Gasteiger charge is -2.30. The van der Waals surface area contributed by atoms with E-state index in [1.165, 1.54) is 6.92 Å². The Labute approximate surface area is 89.0 Å². The van der Waals surface area contributed by atoms with Gasteiger partial charge in [-0.1, -0.05) is 11.6 Å². The monoisotopic (exact) mass is 222 g/mol. The number of halogens is 1. The number of carbonyl (C=O) groups is 2. The number of rotatable bonds is 5. The highest BCUT2D eigenvalue weighted by atomic mass is 35.5. The van der Waals surface area contributed by atoms with Crippen molar-refractivity contribution in [2.75, 3.05) is 21.1 Å². The van der Waals surface area contributed by atoms with Crippen molar-refractivity contribution >= 4 is 23.4 Å². The Morgan fingerprint density at radius 1 is 1.36 bits per heavy atom. The molecule has 0 saturated heterocycles. The molecule has 0 saturated carbocycles. The van der Waals surface area contributed by atoms with Gasteiger partial charge in [0.05, 0.1) is 21.1 Å². The van der Waals surface area contributed by atoms with E-state index in [4.69, 9.17) is 16.7 Å². The molecule has 14 heavy (non-hydrogen) atoms. The van der Waals surface area contributed by atoms with E-state index in [0.29, 0.717) is 4.48 Å². The van der Waals surface area contributed by atoms with Gasteiger partial charge in [-0.2, -0.15) is 0 Å². The molecule has 5 heteroatoms. The van der Waals surface area contributed by atoms with Crippen LogP contribution in [0.2, 0.25) is 0 Å². The summed E-state index contributed by atoms with van der Waals surface area (Å²) in [4.78, 5) is 21.7. The van der Waals surface area contributed by atoms with Gasteiger partial charge in [-0.15, -0.1) is 0 Å². The molecular weight excluding hydrogens is 206 g/mol. The van der Waals surface area contributed by atoms with Crippen LogP contribution in [0.15, 0.2) is 0 Å². The Bertz CT molecular complexity index is 221. The highest BCUT2D eigenvalue weighted by Gasteiger charge is 2.31. The minimum Gasteiger partial charge on any atom is -0.481 e. The standard InChI is InChI=1S/C9H16ClNO3/c1-6(12)7(9(13)14)5-8(10)11(2,3)4/h7-8H,5H2,1-4H3/p+1/t7-,8+/m0/s1. The van der Waals surface area contributed by atoms with Gasteiger partial charge in [0.2, 0.25) is 0 Å². The van der Waals surface area contributed by atoms with Gasteiger partial charge >= 0.3 is 5.97 Å². The Morgan fingerprint density at radius 2 is 1.79 bits per heavy atom. The van der Waals surface area contributed by atoms with Crippen LogP contribution >= 0.6 is 11.6 Å². The van der Waals surface area contributed by atoms with Gasteiger partial charge in [0.25, 0.3) is 0 Å². The maximum atomic E-state index is 11.0. The third-order valence-corrected chi connectivity index (χ3v) is 2.82. The maximum absolute atomic E-state index is 11.0. The molecule has 82 valence electrons. The van der Waals surface area contributed by atoms with Crippen molar-refractivity contribution in [1.29, 1.82) is 0 Å². The molecule has 1 N–H and O–H groups in total. The molecule has 0 aromatic carbocycles. The SMILES string of the molecule is CC(=O)[C@H](C[C@H](Cl)[N+](C)(C)C)C(=O)O. The lowest BCUT2D eigenvalue weighted by atomic mass is 10.0. The number of nitrogens with zero attached hydrogens (tertiary/aromatic N) is 1. The van der Waals surface area contributed by atoms with Crippen LogP contribution in [0, 0.1) is 5.92 Å². The predicted molar refractivity (Wildman–Crippen MR) is 54.1 cm³/mol. The first-order chi connectivity index (χ1) is 6.16. The normalized spacial score (nSPS) is 16.1. The quantitative estimate of drug-likeness (QED) is 0.326. The van der Waals surface area contributed by atoms with E-state index < -0.39 is 11.9 Å². The smallest absolute Gasteiger partial charge is 0.314 e. The topological polar surface area (TPSA) is 54.4 Å². The van der Waals surface area contributed by atoms with E-state index in [9.17, 15) is 9.59 Å². The average Bonchev–Trinajstić information content (AvgIpc) is 1.96. The largest absolute Gasteiger partial charge is 0.481 e. The molecular formula is C9H17ClNO3+. The number of aliphatic carboxylic acids is 1. The Hall–Kier alpha value is -0.610. The van der Waals surface area contributed by atoms with Gasteiger partial charge in [0.15, 0.2) is 5.50 Å². The number of carboxylic acid groups (broad SMARTS) is 1. The first-order valence-corrected chi connectivity index (χ1v) is 4.78. The Balaban J connectivity index is 4.47. The van der Waals surface area contributed by atoms with E-state index >= 15 is 0 Å². The van der Waals surface area contributed by atoms with Crippen molar-refractivity contribution < 1.29 is 19.2 Å². The molecule has 0 aliphatic carbocycles. The molecule has 0 radical (unpaired) electrons. The summed E-state index contributed by atoms with van der Waals surface area (Å²) in [5.74, 6) is -2.44. The van der Waals surface area contributed by atoms with Crippen LogP contribution < -0.4 is 0 Å². The van der Waals surface area contributed by atoms with Crippen molar-refractivity contribution in [2.45, 2.75) is 18.8 Å². The van der Waals surface area contributed by atoms with Crippen LogP contribution in [0.3, 0.4) is 0 Å². The highest BCUT2D eigenvalue weighted by molar-refractivity contribution is 6.20. The van der Waals surface area contributed by atoms with Crippen molar-refractivity contribution in [1.82, 2.24) is 0 Å². The van der Waals surface area contributed by atoms with Crippen molar-refractivity contribution in [2.24, 2.45) is 5.92 Å². The highest BCUT2D eigenvalue weighted by Crippen LogP contribution is 2.19. The second-order valence-corrected chi connectivity index (χ2v) is 4.79. The summed E-state index contributed by atoms with van der Waals surface area (Å²) >= 11 is 6.00. The third kappa shape index (κ3) is 4.07. The summed E-state index contributed by atoms with van der Waals surface area (Å²) in [7, 11) is 5.57. The van der Waals surface area contributed by atoms with E-state index in [1.807, 2.05) is 21.1 Å². The molecule has 0 rings (SSSR count). The zero-order valence-corrected chi connectivity index (χ0v) is 9.71. The Morgan fingerprint density at radius 3 is 2.00 bits per heavy atom. The molecule has 4 nitrogen and oxygen atoms in total. The Kier molecular flexibility index (Phi) is 4.55. The van der Waals surface area contributed by atoms with Crippen LogP contribution in [0.1, 0.15) is 13.3 Å². The van der Waals surface area contributed by atoms with E-state index in [2.05, 4.69) is 0 Å². The van der Waals surface area contributed by atoms with Gasteiger partial charge in [-0.05, 0) is 6.92 Å². The number of carbonyl (C=O) groups excluding carboxylic acids is 1. The summed E-state index contributed by atoms with van der Waals surface area (Å²) in [6.07, 6.45) is 0.162. The number of Topliss-reactive ketones (excluding diaryl/α,β-unsaturated/α-hetero) is 1. The maximum Gasteiger partial charge on any atom is 0.314 e. The lowest BCUT2D eigenvalue weighted by Crippen LogP contribution is -2.44. The molecule has 0 fully saturated rings. The van der Waals surface area contributed by atoms with E-state index in [0.717, 1.165) is 0 Å². The molecule has 0 bridgehead atoms. The molecule has 0 aromatic heterocycles. The van der Waals surface area contributed by atoms with Crippen LogP contribution in [0.4, 0.5) is 0 Å². The number of alkyl halides is 1. The molecule has 0 heterocycles. The predicted octanol–water partition coefficient (Wildman–Crippen LogP) is 0.937. The van der Waals surface area contributed by atoms with Crippen LogP contribution in [0.25, 0.3) is 0 Å². The number of ketones is 1. The number of quaternary nitrogens is 1. The number of hydrogen-bond acceptors (Lipinski definition) is 2. The zero-order valence-electron chi connectivity index (χ0n) is 8.95. The molecule has 0 aromatic rings. The lowest BCUT2D eigenvalue weighted by molar-refractivity contribution is -0.883. The zero-order chi connectivity index (χ0) is 11.5. The molecule has 0 unspecified atom stereocenters. The second kappa shape index (κ2) is 4.75. The third-order valence-electron chi connectivity index (χ3n) is 2.06. The minimum atomic E-state index is -1.10. The fourth-order valence-electron chi connectivity index (χ4n) is 0.951. The van der Waals surface area contributed by atoms with Crippen LogP contribution in [-0.4, -0.2) is 48.0 Å². The molecule has 0 amide bonds. The van der Waals surface area contributed by atoms with Crippen molar-refractivity contribution in [3.63, 3.8) is 0 Å². The van der Waals surface area contributed by atoms with Gasteiger partial charge in [0.1, 0.15) is 11.7 Å². The molecule has 0 aliphatic rings. The first kappa shape index (κ1) is 13.4. The van der Waals surface area contributed by atoms with Crippen molar-refractivity contribution in [3.8, 4) is 0 Å². The molecule has 0 spiro atoms. The van der Waals surface area contributed by atoms with E-state index in [-0.39, 0.29) is 17.7 Å². The number of hydrogen-bond donors (Lipinski definition) is 1. The average molecular weight is 223 g/mol. The fourth-order valence-corrected chi connectivity index (χ4v) is 1.13. The summed E-state index contributed by atoms with van der Waals surface area (Å²) in [6, 6.07) is 0. The molecule has 0 aliphatic heterocycles. The summed E-state index contributed by atoms with van der Waals surface area (Å²) in [5.41, 5.74) is -0.375. The van der Waals surface area contributed by atoms with Gasteiger partial charge < -0.3 is 9.59 Å². The number of carboxylic acids is 1. The summed E-state index contributed by atoms with van der Waals surface area (Å²) in [5, 5.41) is 8.77. The first-order valence-electron chi connectivity index (χ1n) is 4.34. The van der Waals surface area contributed by atoms with Gasteiger partial charge in [-0.25, -0.2) is 0 Å². The van der Waals surface area contributed by atoms with Crippen LogP contribution in [0.5, 0.6) is 0 Å². The van der Waals surface area contributed by atoms with Gasteiger partial charge in [0, 0.05) is 6.42 Å². The second-order valence-electron chi connectivity index (χ2n) is 4.29. The van der Waals surface area contributed by atoms with Gasteiger partial charge in [-0.3, -0.25) is 9.59 Å². The van der Waals surface area contributed by atoms with Crippen molar-refractivity contribution in [3.05, 3.63) is 0 Å². The van der Waals surface area contributed by atoms with Crippen LogP contribution in [-0.2, 0) is 9.59 Å². The molecule has 2 atom stereocenters. The van der Waals surface area contributed by atoms with E-state index in [1.54, 1.807) is 0 Å². The summed E-state index contributed by atoms with van der Waals surface area (Å²) < 4.78 is 0.429.